The van der Waals surface area contributed by atoms with Crippen LogP contribution in [-0.4, -0.2) is 21.9 Å². The van der Waals surface area contributed by atoms with E-state index in [4.69, 9.17) is 4.84 Å². The van der Waals surface area contributed by atoms with E-state index in [0.29, 0.717) is 11.1 Å². The van der Waals surface area contributed by atoms with Crippen LogP contribution >= 0.6 is 0 Å². The Morgan fingerprint density at radius 2 is 1.64 bits per heavy atom. The van der Waals surface area contributed by atoms with Crippen LogP contribution in [0.3, 0.4) is 0 Å². The van der Waals surface area contributed by atoms with E-state index in [-0.39, 0.29) is 16.7 Å². The van der Waals surface area contributed by atoms with Crippen molar-refractivity contribution >= 4 is 11.8 Å². The summed E-state index contributed by atoms with van der Waals surface area (Å²) in [4.78, 5) is 42.9. The second-order valence-corrected chi connectivity index (χ2v) is 5.37. The molecular formula is C16H11F3N2O4. The van der Waals surface area contributed by atoms with Crippen molar-refractivity contribution in [2.45, 2.75) is 19.2 Å². The average molecular weight is 352 g/mol. The molecule has 1 atom stereocenters. The number of pyridine rings is 1. The number of nitrogens with zero attached hydrogens (tertiary/aromatic N) is 1. The first-order valence-corrected chi connectivity index (χ1v) is 7.14. The van der Waals surface area contributed by atoms with Crippen molar-refractivity contribution in [3.8, 4) is 0 Å². The van der Waals surface area contributed by atoms with Gasteiger partial charge in [0.2, 0.25) is 0 Å². The monoisotopic (exact) mass is 352 g/mol. The lowest BCUT2D eigenvalue weighted by Crippen LogP contribution is -2.31. The maximum atomic E-state index is 12.8. The maximum Gasteiger partial charge on any atom is 0.421 e. The largest absolute Gasteiger partial charge is 0.421 e. The van der Waals surface area contributed by atoms with E-state index in [1.807, 2.05) is 4.98 Å². The van der Waals surface area contributed by atoms with E-state index in [0.717, 1.165) is 6.20 Å². The minimum Gasteiger partial charge on any atom is -0.328 e. The Bertz CT molecular complexity index is 885. The van der Waals surface area contributed by atoms with E-state index >= 15 is 0 Å². The molecule has 1 aliphatic rings. The summed E-state index contributed by atoms with van der Waals surface area (Å²) in [5.41, 5.74) is -2.41. The molecule has 1 aromatic heterocycles. The van der Waals surface area contributed by atoms with Crippen LogP contribution in [0.2, 0.25) is 0 Å². The van der Waals surface area contributed by atoms with E-state index in [1.54, 1.807) is 12.1 Å². The SMILES string of the molecule is CC(ON1C(=O)c2ccccc2C1=O)c1c[nH]c(=O)c(C(F)(F)F)c1. The Labute approximate surface area is 138 Å². The van der Waals surface area contributed by atoms with Gasteiger partial charge < -0.3 is 4.98 Å². The Hall–Kier alpha value is -2.94. The fraction of sp³-hybridized carbons (Fsp3) is 0.188. The first-order valence-electron chi connectivity index (χ1n) is 7.14. The van der Waals surface area contributed by atoms with Crippen LogP contribution in [0.1, 0.15) is 44.9 Å². The Morgan fingerprint density at radius 1 is 1.08 bits per heavy atom. The van der Waals surface area contributed by atoms with Gasteiger partial charge in [-0.15, -0.1) is 5.06 Å². The van der Waals surface area contributed by atoms with E-state index in [9.17, 15) is 27.6 Å². The number of hydrogen-bond acceptors (Lipinski definition) is 4. The molecule has 6 nitrogen and oxygen atoms in total. The molecule has 130 valence electrons. The van der Waals surface area contributed by atoms with Gasteiger partial charge in [-0.1, -0.05) is 12.1 Å². The van der Waals surface area contributed by atoms with Gasteiger partial charge in [0.25, 0.3) is 17.4 Å². The summed E-state index contributed by atoms with van der Waals surface area (Å²) in [6, 6.07) is 6.68. The van der Waals surface area contributed by atoms with Crippen molar-refractivity contribution in [3.63, 3.8) is 0 Å². The lowest BCUT2D eigenvalue weighted by atomic mass is 10.1. The molecule has 1 unspecified atom stereocenters. The standard InChI is InChI=1S/C16H11F3N2O4/c1-8(9-6-12(16(17,18)19)13(22)20-7-9)25-21-14(23)10-4-2-3-5-11(10)15(21)24/h2-8H,1H3,(H,20,22). The van der Waals surface area contributed by atoms with Gasteiger partial charge in [-0.25, -0.2) is 0 Å². The summed E-state index contributed by atoms with van der Waals surface area (Å²) in [6.07, 6.45) is -4.88. The van der Waals surface area contributed by atoms with Crippen LogP contribution < -0.4 is 5.56 Å². The summed E-state index contributed by atoms with van der Waals surface area (Å²) in [5.74, 6) is -1.40. The van der Waals surface area contributed by atoms with Gasteiger partial charge in [-0.2, -0.15) is 13.2 Å². The maximum absolute atomic E-state index is 12.8. The van der Waals surface area contributed by atoms with Gasteiger partial charge in [0.05, 0.1) is 11.1 Å². The number of carbonyl (C=O) groups excluding carboxylic acids is 2. The summed E-state index contributed by atoms with van der Waals surface area (Å²) in [6.45, 7) is 1.36. The smallest absolute Gasteiger partial charge is 0.328 e. The fourth-order valence-corrected chi connectivity index (χ4v) is 2.43. The number of amides is 2. The molecule has 1 aromatic carbocycles. The number of carbonyl (C=O) groups is 2. The summed E-state index contributed by atoms with van der Waals surface area (Å²) in [7, 11) is 0. The third-order valence-corrected chi connectivity index (χ3v) is 3.72. The average Bonchev–Trinajstić information content (AvgIpc) is 2.79. The zero-order valence-corrected chi connectivity index (χ0v) is 12.8. The Balaban J connectivity index is 1.87. The van der Waals surface area contributed by atoms with Gasteiger partial charge in [-0.3, -0.25) is 19.2 Å². The number of alkyl halides is 3. The fourth-order valence-electron chi connectivity index (χ4n) is 2.43. The molecule has 0 bridgehead atoms. The molecule has 1 N–H and O–H groups in total. The molecule has 25 heavy (non-hydrogen) atoms. The van der Waals surface area contributed by atoms with Gasteiger partial charge >= 0.3 is 6.18 Å². The van der Waals surface area contributed by atoms with Crippen molar-refractivity contribution in [1.29, 1.82) is 0 Å². The quantitative estimate of drug-likeness (QED) is 0.862. The molecule has 0 saturated carbocycles. The number of fused-ring (bicyclic) bond motifs is 1. The van der Waals surface area contributed by atoms with Gasteiger partial charge in [0, 0.05) is 11.8 Å². The molecule has 1 aliphatic heterocycles. The molecule has 3 rings (SSSR count). The third kappa shape index (κ3) is 2.93. The van der Waals surface area contributed by atoms with Crippen LogP contribution in [0.25, 0.3) is 0 Å². The molecule has 2 amide bonds. The second kappa shape index (κ2) is 5.85. The number of aromatic nitrogens is 1. The number of benzene rings is 1. The molecule has 9 heteroatoms. The van der Waals surface area contributed by atoms with Crippen LogP contribution in [0.5, 0.6) is 0 Å². The summed E-state index contributed by atoms with van der Waals surface area (Å²) in [5, 5.41) is 0.508. The number of hydrogen-bond donors (Lipinski definition) is 1. The number of hydroxylamine groups is 2. The summed E-state index contributed by atoms with van der Waals surface area (Å²) < 4.78 is 38.5. The zero-order valence-electron chi connectivity index (χ0n) is 12.8. The van der Waals surface area contributed by atoms with Crippen LogP contribution in [-0.2, 0) is 11.0 Å². The van der Waals surface area contributed by atoms with Gasteiger partial charge in [0.1, 0.15) is 11.7 Å². The number of rotatable bonds is 3. The molecule has 2 heterocycles. The normalized spacial score (nSPS) is 15.4. The van der Waals surface area contributed by atoms with E-state index < -0.39 is 35.2 Å². The van der Waals surface area contributed by atoms with Crippen molar-refractivity contribution in [1.82, 2.24) is 10.0 Å². The molecule has 0 radical (unpaired) electrons. The minimum absolute atomic E-state index is 0.0384. The lowest BCUT2D eigenvalue weighted by Gasteiger charge is -2.20. The van der Waals surface area contributed by atoms with E-state index in [2.05, 4.69) is 0 Å². The van der Waals surface area contributed by atoms with Gasteiger partial charge in [0.15, 0.2) is 0 Å². The number of nitrogens with one attached hydrogen (secondary N) is 1. The highest BCUT2D eigenvalue weighted by atomic mass is 19.4. The Kier molecular flexibility index (Phi) is 3.96. The number of aromatic amines is 1. The molecule has 0 fully saturated rings. The number of halogens is 3. The number of H-pyrrole nitrogens is 1. The van der Waals surface area contributed by atoms with Gasteiger partial charge in [-0.05, 0) is 25.1 Å². The first-order chi connectivity index (χ1) is 11.7. The molecule has 0 spiro atoms. The summed E-state index contributed by atoms with van der Waals surface area (Å²) >= 11 is 0. The molecule has 2 aromatic rings. The highest BCUT2D eigenvalue weighted by Gasteiger charge is 2.38. The zero-order chi connectivity index (χ0) is 18.4. The highest BCUT2D eigenvalue weighted by molar-refractivity contribution is 6.20. The van der Waals surface area contributed by atoms with Crippen LogP contribution in [0, 0.1) is 0 Å². The lowest BCUT2D eigenvalue weighted by molar-refractivity contribution is -0.140. The molecule has 0 aliphatic carbocycles. The third-order valence-electron chi connectivity index (χ3n) is 3.72. The van der Waals surface area contributed by atoms with E-state index in [1.165, 1.54) is 19.1 Å². The number of imide groups is 1. The molecule has 0 saturated heterocycles. The first kappa shape index (κ1) is 16.9. The van der Waals surface area contributed by atoms with Crippen molar-refractivity contribution in [3.05, 3.63) is 69.1 Å². The molecular weight excluding hydrogens is 341 g/mol. The van der Waals surface area contributed by atoms with Crippen LogP contribution in [0.4, 0.5) is 13.2 Å². The van der Waals surface area contributed by atoms with Crippen molar-refractivity contribution in [2.75, 3.05) is 0 Å². The van der Waals surface area contributed by atoms with Crippen molar-refractivity contribution in [2.24, 2.45) is 0 Å². The predicted octanol–water partition coefficient (Wildman–Crippen LogP) is 2.68. The minimum atomic E-state index is -4.83. The predicted molar refractivity (Wildman–Crippen MR) is 78.5 cm³/mol. The highest BCUT2D eigenvalue weighted by Crippen LogP contribution is 2.30. The topological polar surface area (TPSA) is 79.5 Å². The van der Waals surface area contributed by atoms with Crippen molar-refractivity contribution < 1.29 is 27.6 Å². The van der Waals surface area contributed by atoms with Crippen LogP contribution in [0.15, 0.2) is 41.3 Å². The second-order valence-electron chi connectivity index (χ2n) is 5.37. The Morgan fingerprint density at radius 3 is 2.16 bits per heavy atom.